The summed E-state index contributed by atoms with van der Waals surface area (Å²) in [6.07, 6.45) is 50.3. The Morgan fingerprint density at radius 2 is 0.744 bits per heavy atom. The van der Waals surface area contributed by atoms with Crippen LogP contribution < -0.4 is 0 Å². The fraction of sp³-hybridized carbons (Fsp3) is 0.784. The van der Waals surface area contributed by atoms with Gasteiger partial charge >= 0.3 is 0 Å². The zero-order valence-corrected chi connectivity index (χ0v) is 26.3. The van der Waals surface area contributed by atoms with Crippen LogP contribution in [0.4, 0.5) is 0 Å². The normalized spacial score (nSPS) is 18.2. The summed E-state index contributed by atoms with van der Waals surface area (Å²) in [5, 5.41) is 0. The Bertz CT molecular complexity index is 551. The molecule has 2 nitrogen and oxygen atoms in total. The number of hydrogen-bond acceptors (Lipinski definition) is 2. The quantitative estimate of drug-likeness (QED) is 0.0723. The highest BCUT2D eigenvalue weighted by Gasteiger charge is 2.27. The van der Waals surface area contributed by atoms with Crippen molar-refractivity contribution in [1.29, 1.82) is 0 Å². The molecule has 2 heteroatoms. The van der Waals surface area contributed by atoms with Crippen molar-refractivity contribution in [2.75, 3.05) is 6.79 Å². The van der Waals surface area contributed by atoms with Crippen molar-refractivity contribution in [2.45, 2.75) is 180 Å². The van der Waals surface area contributed by atoms with Crippen molar-refractivity contribution in [3.63, 3.8) is 0 Å². The standard InChI is InChI=1S/C37H66O2/c1-3-5-7-9-11-13-15-17-19-21-23-25-27-29-31-33-36-37(39-35-38-36)34-32-30-28-26-24-22-20-18-16-14-12-10-8-6-4-2/h11-14,17-20,36-37H,3-10,15-16,21-35H2,1-2H3/b13-11-,14-12-,19-17-,20-18-. The van der Waals surface area contributed by atoms with E-state index in [2.05, 4.69) is 62.5 Å². The van der Waals surface area contributed by atoms with Crippen LogP contribution in [0.15, 0.2) is 48.6 Å². The molecule has 0 saturated carbocycles. The van der Waals surface area contributed by atoms with Gasteiger partial charge < -0.3 is 9.47 Å². The van der Waals surface area contributed by atoms with Gasteiger partial charge in [-0.25, -0.2) is 0 Å². The third-order valence-electron chi connectivity index (χ3n) is 7.86. The van der Waals surface area contributed by atoms with E-state index >= 15 is 0 Å². The van der Waals surface area contributed by atoms with Gasteiger partial charge in [0.05, 0.1) is 12.2 Å². The molecule has 0 amide bonds. The minimum atomic E-state index is 0.341. The van der Waals surface area contributed by atoms with E-state index in [9.17, 15) is 0 Å². The van der Waals surface area contributed by atoms with Crippen LogP contribution in [0, 0.1) is 0 Å². The van der Waals surface area contributed by atoms with Gasteiger partial charge in [-0.15, -0.1) is 0 Å². The molecule has 39 heavy (non-hydrogen) atoms. The second kappa shape index (κ2) is 29.9. The lowest BCUT2D eigenvalue weighted by Crippen LogP contribution is -2.22. The number of ether oxygens (including phenoxy) is 2. The largest absolute Gasteiger partial charge is 0.349 e. The van der Waals surface area contributed by atoms with Crippen molar-refractivity contribution in [3.05, 3.63) is 48.6 Å². The summed E-state index contributed by atoms with van der Waals surface area (Å²) >= 11 is 0. The predicted octanol–water partition coefficient (Wildman–Crippen LogP) is 12.4. The van der Waals surface area contributed by atoms with Crippen LogP contribution in [-0.4, -0.2) is 19.0 Å². The Kier molecular flexibility index (Phi) is 27.5. The van der Waals surface area contributed by atoms with Crippen LogP contribution in [0.5, 0.6) is 0 Å². The molecule has 0 N–H and O–H groups in total. The van der Waals surface area contributed by atoms with Gasteiger partial charge in [0.15, 0.2) is 0 Å². The molecule has 1 fully saturated rings. The molecule has 0 bridgehead atoms. The van der Waals surface area contributed by atoms with E-state index in [-0.39, 0.29) is 0 Å². The number of allylic oxidation sites excluding steroid dienone is 8. The third-order valence-corrected chi connectivity index (χ3v) is 7.86. The summed E-state index contributed by atoms with van der Waals surface area (Å²) in [4.78, 5) is 0. The minimum Gasteiger partial charge on any atom is -0.349 e. The minimum absolute atomic E-state index is 0.341. The first-order valence-corrected chi connectivity index (χ1v) is 17.2. The predicted molar refractivity (Wildman–Crippen MR) is 173 cm³/mol. The maximum absolute atomic E-state index is 5.91. The maximum Gasteiger partial charge on any atom is 0.147 e. The summed E-state index contributed by atoms with van der Waals surface area (Å²) < 4.78 is 11.8. The molecular formula is C37H66O2. The Labute approximate surface area is 244 Å². The Morgan fingerprint density at radius 3 is 1.13 bits per heavy atom. The molecule has 0 spiro atoms. The second-order valence-corrected chi connectivity index (χ2v) is 11.6. The molecule has 1 aliphatic heterocycles. The van der Waals surface area contributed by atoms with Gasteiger partial charge in [-0.1, -0.05) is 140 Å². The number of unbranched alkanes of at least 4 members (excludes halogenated alkanes) is 16. The van der Waals surface area contributed by atoms with E-state index in [1.165, 1.54) is 141 Å². The molecule has 0 aromatic heterocycles. The van der Waals surface area contributed by atoms with Crippen LogP contribution in [0.1, 0.15) is 168 Å². The number of rotatable bonds is 28. The van der Waals surface area contributed by atoms with Crippen LogP contribution in [0.25, 0.3) is 0 Å². The molecule has 226 valence electrons. The van der Waals surface area contributed by atoms with E-state index < -0.39 is 0 Å². The molecule has 2 unspecified atom stereocenters. The molecule has 1 saturated heterocycles. The van der Waals surface area contributed by atoms with Gasteiger partial charge in [0, 0.05) is 0 Å². The molecule has 0 aromatic carbocycles. The van der Waals surface area contributed by atoms with Crippen molar-refractivity contribution in [3.8, 4) is 0 Å². The summed E-state index contributed by atoms with van der Waals surface area (Å²) in [5.41, 5.74) is 0. The van der Waals surface area contributed by atoms with E-state index in [0.717, 1.165) is 12.8 Å². The lowest BCUT2D eigenvalue weighted by atomic mass is 9.99. The van der Waals surface area contributed by atoms with Gasteiger partial charge in [0.1, 0.15) is 6.79 Å². The maximum atomic E-state index is 5.91. The highest BCUT2D eigenvalue weighted by molar-refractivity contribution is 4.93. The van der Waals surface area contributed by atoms with Crippen LogP contribution in [-0.2, 0) is 9.47 Å². The molecule has 0 radical (unpaired) electrons. The Morgan fingerprint density at radius 1 is 0.410 bits per heavy atom. The average Bonchev–Trinajstić information content (AvgIpc) is 3.40. The first-order chi connectivity index (χ1) is 19.4. The molecule has 2 atom stereocenters. The zero-order chi connectivity index (χ0) is 27.9. The van der Waals surface area contributed by atoms with Crippen molar-refractivity contribution >= 4 is 0 Å². The third kappa shape index (κ3) is 24.4. The second-order valence-electron chi connectivity index (χ2n) is 11.6. The van der Waals surface area contributed by atoms with E-state index in [0.29, 0.717) is 19.0 Å². The van der Waals surface area contributed by atoms with Gasteiger partial charge in [-0.3, -0.25) is 0 Å². The van der Waals surface area contributed by atoms with E-state index in [1.54, 1.807) is 0 Å². The highest BCUT2D eigenvalue weighted by Crippen LogP contribution is 2.24. The van der Waals surface area contributed by atoms with Gasteiger partial charge in [-0.05, 0) is 77.0 Å². The first-order valence-electron chi connectivity index (χ1n) is 17.2. The lowest BCUT2D eigenvalue weighted by Gasteiger charge is -2.16. The van der Waals surface area contributed by atoms with Gasteiger partial charge in [0.25, 0.3) is 0 Å². The molecule has 0 aliphatic carbocycles. The van der Waals surface area contributed by atoms with Gasteiger partial charge in [0.2, 0.25) is 0 Å². The fourth-order valence-electron chi connectivity index (χ4n) is 5.28. The SMILES string of the molecule is CCCCC/C=C\C/C=C\CCCCCCCC1OCOC1CCCCCCC/C=C\C/C=C\CCCCC. The molecule has 0 aromatic rings. The van der Waals surface area contributed by atoms with Crippen molar-refractivity contribution in [2.24, 2.45) is 0 Å². The Balaban J connectivity index is 1.89. The number of hydrogen-bond donors (Lipinski definition) is 0. The molecule has 1 aliphatic rings. The monoisotopic (exact) mass is 543 g/mol. The molecular weight excluding hydrogens is 476 g/mol. The smallest absolute Gasteiger partial charge is 0.147 e. The molecule has 1 rings (SSSR count). The Hall–Kier alpha value is -1.12. The lowest BCUT2D eigenvalue weighted by molar-refractivity contribution is 0.0359. The van der Waals surface area contributed by atoms with Crippen molar-refractivity contribution < 1.29 is 9.47 Å². The van der Waals surface area contributed by atoms with E-state index in [4.69, 9.17) is 9.47 Å². The van der Waals surface area contributed by atoms with Crippen LogP contribution >= 0.6 is 0 Å². The summed E-state index contributed by atoms with van der Waals surface area (Å²) in [6.45, 7) is 5.04. The van der Waals surface area contributed by atoms with Crippen LogP contribution in [0.2, 0.25) is 0 Å². The highest BCUT2D eigenvalue weighted by atomic mass is 16.7. The van der Waals surface area contributed by atoms with Gasteiger partial charge in [-0.2, -0.15) is 0 Å². The average molecular weight is 543 g/mol. The first kappa shape index (κ1) is 35.9. The summed E-state index contributed by atoms with van der Waals surface area (Å²) in [7, 11) is 0. The van der Waals surface area contributed by atoms with E-state index in [1.807, 2.05) is 0 Å². The molecule has 1 heterocycles. The zero-order valence-electron chi connectivity index (χ0n) is 26.3. The summed E-state index contributed by atoms with van der Waals surface area (Å²) in [5.74, 6) is 0. The topological polar surface area (TPSA) is 18.5 Å². The van der Waals surface area contributed by atoms with Crippen molar-refractivity contribution in [1.82, 2.24) is 0 Å². The summed E-state index contributed by atoms with van der Waals surface area (Å²) in [6, 6.07) is 0. The fourth-order valence-corrected chi connectivity index (χ4v) is 5.28. The van der Waals surface area contributed by atoms with Crippen LogP contribution in [0.3, 0.4) is 0 Å².